The molecule has 0 spiro atoms. The highest BCUT2D eigenvalue weighted by atomic mass is 79.9. The Labute approximate surface area is 188 Å². The van der Waals surface area contributed by atoms with Crippen LogP contribution in [0.4, 0.5) is 4.39 Å². The minimum absolute atomic E-state index is 0.142. The Morgan fingerprint density at radius 2 is 2.13 bits per heavy atom. The zero-order chi connectivity index (χ0) is 21.1. The lowest BCUT2D eigenvalue weighted by Gasteiger charge is -2.26. The molecule has 3 heterocycles. The van der Waals surface area contributed by atoms with E-state index in [-0.39, 0.29) is 17.9 Å². The lowest BCUT2D eigenvalue weighted by molar-refractivity contribution is 0.177. The summed E-state index contributed by atoms with van der Waals surface area (Å²) < 4.78 is 25.6. The fourth-order valence-electron chi connectivity index (χ4n) is 3.68. The number of furan rings is 1. The van der Waals surface area contributed by atoms with Crippen LogP contribution >= 0.6 is 28.1 Å². The number of hydrogen-bond donors (Lipinski definition) is 1. The molecule has 1 saturated heterocycles. The topological polar surface area (TPSA) is 50.5 Å². The minimum Gasteiger partial charge on any atom is -0.459 e. The molecule has 1 N–H and O–H groups in total. The van der Waals surface area contributed by atoms with Crippen LogP contribution in [0.2, 0.25) is 0 Å². The molecule has 0 bridgehead atoms. The number of ether oxygens (including phenoxy) is 1. The summed E-state index contributed by atoms with van der Waals surface area (Å²) in [6.07, 6.45) is 2.61. The fraction of sp³-hybridized carbons (Fsp3) is 0.273. The normalized spacial score (nSPS) is 18.6. The van der Waals surface area contributed by atoms with Crippen LogP contribution in [0.25, 0.3) is 11.3 Å². The molecule has 0 radical (unpaired) electrons. The predicted molar refractivity (Wildman–Crippen MR) is 120 cm³/mol. The van der Waals surface area contributed by atoms with Crippen LogP contribution < -0.4 is 5.32 Å². The van der Waals surface area contributed by atoms with E-state index in [0.717, 1.165) is 30.0 Å². The smallest absolute Gasteiger partial charge is 0.170 e. The number of rotatable bonds is 7. The number of nitrogens with one attached hydrogen (secondary N) is 1. The van der Waals surface area contributed by atoms with Crippen LogP contribution in [0.3, 0.4) is 0 Å². The van der Waals surface area contributed by atoms with Crippen LogP contribution in [-0.2, 0) is 4.74 Å². The van der Waals surface area contributed by atoms with E-state index in [0.29, 0.717) is 22.0 Å². The summed E-state index contributed by atoms with van der Waals surface area (Å²) in [5.41, 5.74) is 1.68. The lowest BCUT2D eigenvalue weighted by Crippen LogP contribution is -2.31. The van der Waals surface area contributed by atoms with Gasteiger partial charge in [0, 0.05) is 36.5 Å². The van der Waals surface area contributed by atoms with Gasteiger partial charge in [0.15, 0.2) is 5.11 Å². The average molecular weight is 490 g/mol. The summed E-state index contributed by atoms with van der Waals surface area (Å²) in [7, 11) is 1.69. The number of nitrogens with zero attached hydrogens (tertiary/aromatic N) is 2. The van der Waals surface area contributed by atoms with Crippen molar-refractivity contribution in [2.24, 2.45) is 0 Å². The Hall–Kier alpha value is -2.29. The highest BCUT2D eigenvalue weighted by Crippen LogP contribution is 2.41. The Bertz CT molecular complexity index is 1030. The number of methoxy groups -OCH3 is 1. The molecule has 0 amide bonds. The third-order valence-corrected chi connectivity index (χ3v) is 6.07. The first-order chi connectivity index (χ1) is 14.6. The van der Waals surface area contributed by atoms with Crippen molar-refractivity contribution in [2.45, 2.75) is 18.5 Å². The van der Waals surface area contributed by atoms with Crippen LogP contribution in [0.5, 0.6) is 0 Å². The van der Waals surface area contributed by atoms with Crippen molar-refractivity contribution >= 4 is 33.3 Å². The van der Waals surface area contributed by atoms with E-state index in [1.54, 1.807) is 19.4 Å². The van der Waals surface area contributed by atoms with Gasteiger partial charge in [-0.2, -0.15) is 0 Å². The number of benzene rings is 1. The Morgan fingerprint density at radius 1 is 1.27 bits per heavy atom. The van der Waals surface area contributed by atoms with Gasteiger partial charge in [0.1, 0.15) is 23.4 Å². The predicted octanol–water partition coefficient (Wildman–Crippen LogP) is 5.25. The molecule has 1 aliphatic rings. The highest BCUT2D eigenvalue weighted by Gasteiger charge is 2.41. The second-order valence-electron chi connectivity index (χ2n) is 6.99. The SMILES string of the molecule is COCCCN1C(=S)N[C@@H](c2ccccn2)[C@H]1c1ccc(-c2ccc(F)cc2Br)o1. The van der Waals surface area contributed by atoms with Crippen molar-refractivity contribution in [1.29, 1.82) is 0 Å². The zero-order valence-corrected chi connectivity index (χ0v) is 18.7. The summed E-state index contributed by atoms with van der Waals surface area (Å²) in [4.78, 5) is 6.65. The van der Waals surface area contributed by atoms with Crippen molar-refractivity contribution in [2.75, 3.05) is 20.3 Å². The number of thiocarbonyl (C=S) groups is 1. The van der Waals surface area contributed by atoms with Crippen LogP contribution in [0, 0.1) is 5.82 Å². The maximum Gasteiger partial charge on any atom is 0.170 e. The van der Waals surface area contributed by atoms with E-state index in [1.807, 2.05) is 30.3 Å². The van der Waals surface area contributed by atoms with Gasteiger partial charge in [-0.05, 0) is 77.0 Å². The molecular formula is C22H21BrFN3O2S. The molecule has 0 saturated carbocycles. The van der Waals surface area contributed by atoms with Crippen LogP contribution in [-0.4, -0.2) is 35.3 Å². The molecule has 8 heteroatoms. The Kier molecular flexibility index (Phi) is 6.46. The van der Waals surface area contributed by atoms with Gasteiger partial charge >= 0.3 is 0 Å². The molecular weight excluding hydrogens is 469 g/mol. The summed E-state index contributed by atoms with van der Waals surface area (Å²) in [6.45, 7) is 1.37. The maximum absolute atomic E-state index is 13.5. The Morgan fingerprint density at radius 3 is 2.87 bits per heavy atom. The molecule has 2 aromatic heterocycles. The van der Waals surface area contributed by atoms with Gasteiger partial charge in [-0.15, -0.1) is 0 Å². The Balaban J connectivity index is 1.69. The van der Waals surface area contributed by atoms with E-state index in [9.17, 15) is 4.39 Å². The van der Waals surface area contributed by atoms with Gasteiger partial charge in [0.05, 0.1) is 11.7 Å². The monoisotopic (exact) mass is 489 g/mol. The lowest BCUT2D eigenvalue weighted by atomic mass is 10.0. The molecule has 5 nitrogen and oxygen atoms in total. The van der Waals surface area contributed by atoms with Gasteiger partial charge in [0.25, 0.3) is 0 Å². The fourth-order valence-corrected chi connectivity index (χ4v) is 4.56. The molecule has 4 rings (SSSR count). The van der Waals surface area contributed by atoms with Gasteiger partial charge in [-0.1, -0.05) is 6.07 Å². The largest absolute Gasteiger partial charge is 0.459 e. The van der Waals surface area contributed by atoms with E-state index >= 15 is 0 Å². The molecule has 156 valence electrons. The van der Waals surface area contributed by atoms with Gasteiger partial charge in [-0.3, -0.25) is 4.98 Å². The highest BCUT2D eigenvalue weighted by molar-refractivity contribution is 9.10. The number of hydrogen-bond acceptors (Lipinski definition) is 4. The first kappa shape index (κ1) is 21.0. The van der Waals surface area contributed by atoms with Crippen LogP contribution in [0.1, 0.15) is 30.0 Å². The first-order valence-electron chi connectivity index (χ1n) is 9.60. The van der Waals surface area contributed by atoms with E-state index < -0.39 is 0 Å². The van der Waals surface area contributed by atoms with Gasteiger partial charge in [-0.25, -0.2) is 4.39 Å². The standard InChI is InChI=1S/C22H21BrFN3O2S/c1-28-12-4-11-27-21(20(26-22(27)30)17-5-2-3-10-25-17)19-9-8-18(29-19)15-7-6-14(24)13-16(15)23/h2-3,5-10,13,20-21H,4,11-12H2,1H3,(H,26,30)/t20-,21+/m0/s1. The van der Waals surface area contributed by atoms with Crippen molar-refractivity contribution in [1.82, 2.24) is 15.2 Å². The zero-order valence-electron chi connectivity index (χ0n) is 16.3. The molecule has 1 aliphatic heterocycles. The molecule has 1 fully saturated rings. The number of aromatic nitrogens is 1. The van der Waals surface area contributed by atoms with E-state index in [4.69, 9.17) is 21.4 Å². The number of pyridine rings is 1. The molecule has 2 atom stereocenters. The van der Waals surface area contributed by atoms with E-state index in [1.165, 1.54) is 12.1 Å². The number of halogens is 2. The molecule has 0 unspecified atom stereocenters. The van der Waals surface area contributed by atoms with Crippen molar-refractivity contribution in [3.05, 3.63) is 76.5 Å². The molecule has 1 aromatic carbocycles. The minimum atomic E-state index is -0.303. The first-order valence-corrected chi connectivity index (χ1v) is 10.8. The average Bonchev–Trinajstić information content (AvgIpc) is 3.34. The summed E-state index contributed by atoms with van der Waals surface area (Å²) >= 11 is 9.06. The quantitative estimate of drug-likeness (QED) is 0.361. The maximum atomic E-state index is 13.5. The van der Waals surface area contributed by atoms with Crippen molar-refractivity contribution in [3.8, 4) is 11.3 Å². The third-order valence-electron chi connectivity index (χ3n) is 5.06. The molecule has 30 heavy (non-hydrogen) atoms. The third kappa shape index (κ3) is 4.26. The molecule has 0 aliphatic carbocycles. The van der Waals surface area contributed by atoms with Gasteiger partial charge < -0.3 is 19.4 Å². The summed E-state index contributed by atoms with van der Waals surface area (Å²) in [6, 6.07) is 13.9. The van der Waals surface area contributed by atoms with Crippen LogP contribution in [0.15, 0.2) is 63.6 Å². The van der Waals surface area contributed by atoms with Crippen molar-refractivity contribution < 1.29 is 13.5 Å². The molecule has 3 aromatic rings. The second-order valence-corrected chi connectivity index (χ2v) is 8.23. The van der Waals surface area contributed by atoms with Gasteiger partial charge in [0.2, 0.25) is 0 Å². The van der Waals surface area contributed by atoms with E-state index in [2.05, 4.69) is 31.1 Å². The summed E-state index contributed by atoms with van der Waals surface area (Å²) in [5, 5.41) is 4.06. The van der Waals surface area contributed by atoms with Crippen molar-refractivity contribution in [3.63, 3.8) is 0 Å². The summed E-state index contributed by atoms with van der Waals surface area (Å²) in [5.74, 6) is 1.12. The second kappa shape index (κ2) is 9.24.